The van der Waals surface area contributed by atoms with E-state index in [9.17, 15) is 0 Å². The van der Waals surface area contributed by atoms with Crippen LogP contribution in [-0.2, 0) is 6.54 Å². The van der Waals surface area contributed by atoms with Crippen LogP contribution in [0.25, 0.3) is 0 Å². The van der Waals surface area contributed by atoms with Gasteiger partial charge < -0.3 is 10.2 Å². The first-order valence-corrected chi connectivity index (χ1v) is 5.09. The zero-order valence-corrected chi connectivity index (χ0v) is 9.40. The average molecular weight is 202 g/mol. The van der Waals surface area contributed by atoms with Crippen LogP contribution in [0, 0.1) is 0 Å². The number of nitrogens with one attached hydrogen (secondary N) is 1. The van der Waals surface area contributed by atoms with Crippen molar-refractivity contribution in [3.63, 3.8) is 0 Å². The second-order valence-corrected chi connectivity index (χ2v) is 3.27. The number of rotatable bonds is 5. The van der Waals surface area contributed by atoms with Crippen molar-refractivity contribution in [2.24, 2.45) is 0 Å². The number of nitrogens with zero attached hydrogens (tertiary/aromatic N) is 1. The van der Waals surface area contributed by atoms with Crippen molar-refractivity contribution < 1.29 is 0 Å². The number of allylic oxidation sites excluding steroid dienone is 1. The molecule has 0 atom stereocenters. The summed E-state index contributed by atoms with van der Waals surface area (Å²) in [5.74, 6) is 0. The van der Waals surface area contributed by atoms with Gasteiger partial charge in [0.15, 0.2) is 0 Å². The molecule has 0 spiro atoms. The standard InChI is InChI=1S/C13H18N2/c1-4-10-15(5-2)13-8-6-12(7-9-13)11-14-3/h4-10,14H,2,11H2,1,3H3. The van der Waals surface area contributed by atoms with Gasteiger partial charge in [-0.1, -0.05) is 24.8 Å². The van der Waals surface area contributed by atoms with Crippen LogP contribution in [0.4, 0.5) is 5.69 Å². The minimum Gasteiger partial charge on any atom is -0.325 e. The van der Waals surface area contributed by atoms with Crippen molar-refractivity contribution in [3.05, 3.63) is 54.9 Å². The topological polar surface area (TPSA) is 15.3 Å². The van der Waals surface area contributed by atoms with E-state index < -0.39 is 0 Å². The van der Waals surface area contributed by atoms with Crippen LogP contribution in [0.2, 0.25) is 0 Å². The lowest BCUT2D eigenvalue weighted by Crippen LogP contribution is -2.07. The fourth-order valence-corrected chi connectivity index (χ4v) is 1.40. The van der Waals surface area contributed by atoms with Gasteiger partial charge in [0, 0.05) is 24.6 Å². The summed E-state index contributed by atoms with van der Waals surface area (Å²) in [6.07, 6.45) is 5.77. The Hall–Kier alpha value is -1.54. The lowest BCUT2D eigenvalue weighted by Gasteiger charge is -2.15. The average Bonchev–Trinajstić information content (AvgIpc) is 2.28. The minimum atomic E-state index is 0.901. The maximum Gasteiger partial charge on any atom is 0.0449 e. The van der Waals surface area contributed by atoms with Gasteiger partial charge >= 0.3 is 0 Å². The summed E-state index contributed by atoms with van der Waals surface area (Å²) < 4.78 is 0. The summed E-state index contributed by atoms with van der Waals surface area (Å²) in [6.45, 7) is 6.67. The van der Waals surface area contributed by atoms with Gasteiger partial charge in [-0.15, -0.1) is 0 Å². The smallest absolute Gasteiger partial charge is 0.0449 e. The second kappa shape index (κ2) is 6.04. The molecule has 1 aromatic carbocycles. The number of anilines is 1. The molecular weight excluding hydrogens is 184 g/mol. The third-order valence-electron chi connectivity index (χ3n) is 2.12. The Balaban J connectivity index is 2.81. The molecule has 2 heteroatoms. The Morgan fingerprint density at radius 2 is 2.00 bits per heavy atom. The van der Waals surface area contributed by atoms with E-state index in [0.29, 0.717) is 0 Å². The second-order valence-electron chi connectivity index (χ2n) is 3.27. The van der Waals surface area contributed by atoms with Crippen molar-refractivity contribution >= 4 is 5.69 Å². The maximum absolute atomic E-state index is 3.78. The SMILES string of the molecule is C=CN(C=CC)c1ccc(CNC)cc1. The van der Waals surface area contributed by atoms with Crippen LogP contribution < -0.4 is 10.2 Å². The van der Waals surface area contributed by atoms with E-state index in [1.807, 2.05) is 31.1 Å². The van der Waals surface area contributed by atoms with E-state index in [4.69, 9.17) is 0 Å². The predicted molar refractivity (Wildman–Crippen MR) is 66.7 cm³/mol. The molecule has 0 unspecified atom stereocenters. The molecule has 0 saturated heterocycles. The van der Waals surface area contributed by atoms with Gasteiger partial charge in [-0.2, -0.15) is 0 Å². The molecule has 0 heterocycles. The minimum absolute atomic E-state index is 0.901. The molecule has 0 saturated carbocycles. The maximum atomic E-state index is 3.78. The Kier molecular flexibility index (Phi) is 4.64. The largest absolute Gasteiger partial charge is 0.325 e. The number of benzene rings is 1. The Bertz CT molecular complexity index is 325. The molecular formula is C13H18N2. The Labute approximate surface area is 91.9 Å². The van der Waals surface area contributed by atoms with Crippen LogP contribution in [0.5, 0.6) is 0 Å². The van der Waals surface area contributed by atoms with Gasteiger partial charge in [-0.3, -0.25) is 0 Å². The first kappa shape index (κ1) is 11.5. The first-order chi connectivity index (χ1) is 7.31. The Morgan fingerprint density at radius 1 is 1.33 bits per heavy atom. The van der Waals surface area contributed by atoms with E-state index in [1.54, 1.807) is 6.20 Å². The molecule has 2 nitrogen and oxygen atoms in total. The molecule has 0 amide bonds. The lowest BCUT2D eigenvalue weighted by atomic mass is 10.2. The molecule has 1 N–H and O–H groups in total. The third-order valence-corrected chi connectivity index (χ3v) is 2.12. The van der Waals surface area contributed by atoms with Crippen LogP contribution in [0.3, 0.4) is 0 Å². The van der Waals surface area contributed by atoms with Crippen molar-refractivity contribution in [2.45, 2.75) is 13.5 Å². The van der Waals surface area contributed by atoms with E-state index in [0.717, 1.165) is 12.2 Å². The molecule has 0 aromatic heterocycles. The van der Waals surface area contributed by atoms with Gasteiger partial charge in [0.25, 0.3) is 0 Å². The highest BCUT2D eigenvalue weighted by atomic mass is 15.1. The van der Waals surface area contributed by atoms with Crippen LogP contribution in [0.1, 0.15) is 12.5 Å². The van der Waals surface area contributed by atoms with Crippen molar-refractivity contribution in [3.8, 4) is 0 Å². The summed E-state index contributed by atoms with van der Waals surface area (Å²) in [4.78, 5) is 1.99. The summed E-state index contributed by atoms with van der Waals surface area (Å²) >= 11 is 0. The van der Waals surface area contributed by atoms with Gasteiger partial charge in [0.05, 0.1) is 0 Å². The van der Waals surface area contributed by atoms with Gasteiger partial charge in [-0.05, 0) is 31.7 Å². The zero-order chi connectivity index (χ0) is 11.1. The fraction of sp³-hybridized carbons (Fsp3) is 0.231. The molecule has 0 fully saturated rings. The van der Waals surface area contributed by atoms with E-state index in [2.05, 4.69) is 36.2 Å². The molecule has 0 bridgehead atoms. The quantitative estimate of drug-likeness (QED) is 0.789. The molecule has 80 valence electrons. The fourth-order valence-electron chi connectivity index (χ4n) is 1.40. The summed E-state index contributed by atoms with van der Waals surface area (Å²) in [5.41, 5.74) is 2.41. The highest BCUT2D eigenvalue weighted by Crippen LogP contribution is 2.15. The predicted octanol–water partition coefficient (Wildman–Crippen LogP) is 2.89. The van der Waals surface area contributed by atoms with E-state index in [-0.39, 0.29) is 0 Å². The molecule has 0 radical (unpaired) electrons. The highest BCUT2D eigenvalue weighted by molar-refractivity contribution is 5.52. The summed E-state index contributed by atoms with van der Waals surface area (Å²) in [7, 11) is 1.95. The number of hydrogen-bond donors (Lipinski definition) is 1. The zero-order valence-electron chi connectivity index (χ0n) is 9.40. The van der Waals surface area contributed by atoms with E-state index in [1.165, 1.54) is 5.56 Å². The molecule has 15 heavy (non-hydrogen) atoms. The van der Waals surface area contributed by atoms with Crippen LogP contribution >= 0.6 is 0 Å². The number of hydrogen-bond acceptors (Lipinski definition) is 2. The lowest BCUT2D eigenvalue weighted by molar-refractivity contribution is 0.818. The van der Waals surface area contributed by atoms with Crippen LogP contribution in [0.15, 0.2) is 49.3 Å². The highest BCUT2D eigenvalue weighted by Gasteiger charge is 1.97. The van der Waals surface area contributed by atoms with Gasteiger partial charge in [0.2, 0.25) is 0 Å². The third kappa shape index (κ3) is 3.26. The first-order valence-electron chi connectivity index (χ1n) is 5.09. The normalized spacial score (nSPS) is 10.5. The van der Waals surface area contributed by atoms with Crippen molar-refractivity contribution in [2.75, 3.05) is 11.9 Å². The summed E-state index contributed by atoms with van der Waals surface area (Å²) in [6, 6.07) is 8.42. The molecule has 0 aliphatic heterocycles. The molecule has 0 aliphatic rings. The molecule has 1 aromatic rings. The molecule has 0 aliphatic carbocycles. The van der Waals surface area contributed by atoms with Crippen LogP contribution in [-0.4, -0.2) is 7.05 Å². The van der Waals surface area contributed by atoms with Crippen molar-refractivity contribution in [1.29, 1.82) is 0 Å². The van der Waals surface area contributed by atoms with Crippen molar-refractivity contribution in [1.82, 2.24) is 5.32 Å². The Morgan fingerprint density at radius 3 is 2.47 bits per heavy atom. The molecule has 1 rings (SSSR count). The van der Waals surface area contributed by atoms with Gasteiger partial charge in [0.1, 0.15) is 0 Å². The van der Waals surface area contributed by atoms with E-state index >= 15 is 0 Å². The monoisotopic (exact) mass is 202 g/mol. The summed E-state index contributed by atoms with van der Waals surface area (Å²) in [5, 5.41) is 3.12. The van der Waals surface area contributed by atoms with Gasteiger partial charge in [-0.25, -0.2) is 0 Å².